The molecule has 1 radical (unpaired) electrons. The van der Waals surface area contributed by atoms with Gasteiger partial charge < -0.3 is 12.0 Å². The Morgan fingerprint density at radius 1 is 1.17 bits per heavy atom. The van der Waals surface area contributed by atoms with Crippen LogP contribution in [0.1, 0.15) is 13.8 Å². The molecule has 0 bridgehead atoms. The molecule has 0 aromatic heterocycles. The van der Waals surface area contributed by atoms with Crippen LogP contribution in [0.5, 0.6) is 0 Å². The molecule has 1 rings (SSSR count). The van der Waals surface area contributed by atoms with Crippen LogP contribution in [0.15, 0.2) is 30.3 Å². The Morgan fingerprint density at radius 3 is 1.58 bits per heavy atom. The maximum atomic E-state index is 7.46. The third-order valence-corrected chi connectivity index (χ3v) is 0.607. The van der Waals surface area contributed by atoms with E-state index in [2.05, 4.69) is 13.0 Å². The molecule has 0 aliphatic heterocycles. The topological polar surface area (TPSA) is 20.2 Å². The Labute approximate surface area is 101 Å². The van der Waals surface area contributed by atoms with Crippen molar-refractivity contribution in [1.82, 2.24) is 0 Å². The van der Waals surface area contributed by atoms with Gasteiger partial charge in [0.25, 0.3) is 0 Å². The second kappa shape index (κ2) is 22.5. The molecule has 1 aromatic carbocycles. The van der Waals surface area contributed by atoms with E-state index < -0.39 is 0 Å². The van der Waals surface area contributed by atoms with Crippen LogP contribution in [0, 0.1) is 13.0 Å². The van der Waals surface area contributed by atoms with Crippen LogP contribution in [-0.2, 0) is 32.7 Å². The molecule has 67 valence electrons. The number of rotatable bonds is 0. The van der Waals surface area contributed by atoms with E-state index in [-0.39, 0.29) is 39.3 Å². The van der Waals surface area contributed by atoms with Gasteiger partial charge in [-0.2, -0.15) is 36.4 Å². The summed E-state index contributed by atoms with van der Waals surface area (Å²) in [5.41, 5.74) is 0. The summed E-state index contributed by atoms with van der Waals surface area (Å²) < 4.78 is 0. The van der Waals surface area contributed by atoms with E-state index in [0.717, 1.165) is 0 Å². The molecule has 12 heavy (non-hydrogen) atoms. The van der Waals surface area contributed by atoms with Crippen molar-refractivity contribution in [3.8, 4) is 0 Å². The zero-order valence-electron chi connectivity index (χ0n) is 7.83. The fourth-order valence-electron chi connectivity index (χ4n) is 0.342. The summed E-state index contributed by atoms with van der Waals surface area (Å²) in [5.74, 6) is 0. The summed E-state index contributed by atoms with van der Waals surface area (Å²) in [4.78, 5) is 0. The number of hydrogen-bond donors (Lipinski definition) is 1. The second-order valence-corrected chi connectivity index (χ2v) is 1.30. The van der Waals surface area contributed by atoms with E-state index in [4.69, 9.17) is 5.11 Å². The first-order valence-corrected chi connectivity index (χ1v) is 3.73. The quantitative estimate of drug-likeness (QED) is 0.691. The van der Waals surface area contributed by atoms with Gasteiger partial charge in [0.2, 0.25) is 0 Å². The molecule has 0 spiro atoms. The van der Waals surface area contributed by atoms with Gasteiger partial charge in [0, 0.05) is 32.7 Å². The first kappa shape index (κ1) is 18.1. The summed E-state index contributed by atoms with van der Waals surface area (Å²) in [5, 5.41) is 7.46. The van der Waals surface area contributed by atoms with Crippen LogP contribution in [-0.4, -0.2) is 11.7 Å². The van der Waals surface area contributed by atoms with E-state index in [0.29, 0.717) is 0 Å². The van der Waals surface area contributed by atoms with Crippen molar-refractivity contribution in [2.45, 2.75) is 13.8 Å². The Kier molecular flexibility index (Phi) is 34.0. The van der Waals surface area contributed by atoms with Crippen molar-refractivity contribution in [3.63, 3.8) is 0 Å². The Balaban J connectivity index is -0.000000119. The summed E-state index contributed by atoms with van der Waals surface area (Å²) in [7, 11) is 0. The fourth-order valence-corrected chi connectivity index (χ4v) is 0.342. The molecular formula is C10H16OY-2. The molecule has 0 saturated carbocycles. The van der Waals surface area contributed by atoms with Gasteiger partial charge >= 0.3 is 0 Å². The van der Waals surface area contributed by atoms with Gasteiger partial charge in [0.05, 0.1) is 0 Å². The molecule has 1 N–H and O–H groups in total. The summed E-state index contributed by atoms with van der Waals surface area (Å²) >= 11 is 0. The monoisotopic (exact) mass is 241 g/mol. The molecule has 0 heterocycles. The molecule has 0 amide bonds. The third kappa shape index (κ3) is 22.4. The zero-order chi connectivity index (χ0) is 8.95. The largest absolute Gasteiger partial charge is 0.428 e. The van der Waals surface area contributed by atoms with Crippen LogP contribution in [0.25, 0.3) is 0 Å². The van der Waals surface area contributed by atoms with Crippen molar-refractivity contribution in [2.75, 3.05) is 6.61 Å². The predicted molar refractivity (Wildman–Crippen MR) is 49.1 cm³/mol. The maximum absolute atomic E-state index is 7.46. The van der Waals surface area contributed by atoms with Crippen LogP contribution in [0.2, 0.25) is 0 Å². The number of aliphatic hydroxyl groups is 1. The van der Waals surface area contributed by atoms with E-state index in [1.165, 1.54) is 0 Å². The van der Waals surface area contributed by atoms with E-state index in [1.54, 1.807) is 0 Å². The summed E-state index contributed by atoms with van der Waals surface area (Å²) in [6.45, 7) is 7.04. The van der Waals surface area contributed by atoms with Crippen molar-refractivity contribution < 1.29 is 37.8 Å². The molecule has 2 heteroatoms. The third-order valence-electron chi connectivity index (χ3n) is 0.607. The van der Waals surface area contributed by atoms with Gasteiger partial charge in [-0.1, -0.05) is 20.5 Å². The standard InChI is InChI=1S/C6H5.C2H5O.C2H6.Y/c1-2-4-6-5-3-1;1-2-3;1-2;/h1-5H;3H,1-2H2;1-2H3;/q2*-1;;. The summed E-state index contributed by atoms with van der Waals surface area (Å²) in [6.07, 6.45) is 0. The average molecular weight is 241 g/mol. The van der Waals surface area contributed by atoms with Gasteiger partial charge in [-0.3, -0.25) is 0 Å². The van der Waals surface area contributed by atoms with Crippen molar-refractivity contribution in [1.29, 1.82) is 0 Å². The van der Waals surface area contributed by atoms with Crippen molar-refractivity contribution >= 4 is 0 Å². The molecule has 1 aromatic rings. The minimum atomic E-state index is 0. The number of hydrogen-bond acceptors (Lipinski definition) is 1. The number of aliphatic hydroxyl groups excluding tert-OH is 1. The molecular weight excluding hydrogens is 225 g/mol. The van der Waals surface area contributed by atoms with E-state index in [9.17, 15) is 0 Å². The minimum Gasteiger partial charge on any atom is -0.428 e. The van der Waals surface area contributed by atoms with E-state index in [1.807, 2.05) is 44.2 Å². The molecule has 0 aliphatic rings. The Hall–Kier alpha value is 0.284. The second-order valence-electron chi connectivity index (χ2n) is 1.30. The van der Waals surface area contributed by atoms with Gasteiger partial charge in [-0.05, 0) is 0 Å². The van der Waals surface area contributed by atoms with Crippen molar-refractivity contribution in [3.05, 3.63) is 43.3 Å². The van der Waals surface area contributed by atoms with Crippen LogP contribution in [0.3, 0.4) is 0 Å². The zero-order valence-corrected chi connectivity index (χ0v) is 10.7. The first-order chi connectivity index (χ1) is 5.41. The molecule has 0 atom stereocenters. The van der Waals surface area contributed by atoms with Crippen LogP contribution < -0.4 is 0 Å². The van der Waals surface area contributed by atoms with Gasteiger partial charge in [0.15, 0.2) is 0 Å². The number of benzene rings is 1. The maximum Gasteiger partial charge on any atom is 0 e. The normalized spacial score (nSPS) is 6.00. The van der Waals surface area contributed by atoms with Crippen LogP contribution in [0.4, 0.5) is 0 Å². The van der Waals surface area contributed by atoms with Gasteiger partial charge in [-0.15, -0.1) is 0 Å². The molecule has 0 unspecified atom stereocenters. The average Bonchev–Trinajstić information content (AvgIpc) is 2.12. The molecule has 0 aliphatic carbocycles. The van der Waals surface area contributed by atoms with Gasteiger partial charge in [0.1, 0.15) is 0 Å². The predicted octanol–water partition coefficient (Wildman–Crippen LogP) is 2.32. The van der Waals surface area contributed by atoms with Crippen molar-refractivity contribution in [2.24, 2.45) is 0 Å². The smallest absolute Gasteiger partial charge is 0 e. The van der Waals surface area contributed by atoms with E-state index >= 15 is 0 Å². The molecule has 0 fully saturated rings. The first-order valence-electron chi connectivity index (χ1n) is 3.73. The minimum absolute atomic E-state index is 0. The summed E-state index contributed by atoms with van der Waals surface area (Å²) in [6, 6.07) is 12.5. The molecule has 0 saturated heterocycles. The SMILES string of the molecule is CC.[CH2-]CO.[Y].[c-]1ccccc1. The van der Waals surface area contributed by atoms with Gasteiger partial charge in [-0.25, -0.2) is 0 Å². The van der Waals surface area contributed by atoms with Crippen LogP contribution >= 0.6 is 0 Å². The Bertz CT molecular complexity index is 92.7. The Morgan fingerprint density at radius 2 is 1.50 bits per heavy atom. The molecule has 1 nitrogen and oxygen atoms in total. The fraction of sp³-hybridized carbons (Fsp3) is 0.300.